The van der Waals surface area contributed by atoms with Crippen molar-refractivity contribution in [1.29, 1.82) is 0 Å². The van der Waals surface area contributed by atoms with Crippen LogP contribution in [-0.2, 0) is 0 Å². The van der Waals surface area contributed by atoms with Crippen molar-refractivity contribution in [1.82, 2.24) is 9.97 Å². The van der Waals surface area contributed by atoms with Gasteiger partial charge < -0.3 is 10.5 Å². The molecule has 4 heteroatoms. The Morgan fingerprint density at radius 1 is 0.900 bits per heavy atom. The maximum atomic E-state index is 5.90. The van der Waals surface area contributed by atoms with Gasteiger partial charge in [-0.25, -0.2) is 9.97 Å². The van der Waals surface area contributed by atoms with Gasteiger partial charge in [-0.2, -0.15) is 0 Å². The lowest BCUT2D eigenvalue weighted by Gasteiger charge is -2.10. The minimum atomic E-state index is 0.417. The second kappa shape index (κ2) is 4.81. The van der Waals surface area contributed by atoms with Gasteiger partial charge in [-0.1, -0.05) is 18.2 Å². The molecular weight excluding hydrogens is 250 g/mol. The van der Waals surface area contributed by atoms with Crippen LogP contribution in [0.5, 0.6) is 11.6 Å². The third-order valence-electron chi connectivity index (χ3n) is 3.06. The number of para-hydroxylation sites is 1. The SMILES string of the molecule is Cc1ccc(N)c(Oc2cccc3ccc(C)nc23)n1. The molecule has 0 fully saturated rings. The molecule has 0 aliphatic heterocycles. The Morgan fingerprint density at radius 3 is 2.50 bits per heavy atom. The van der Waals surface area contributed by atoms with Gasteiger partial charge in [0.1, 0.15) is 5.52 Å². The summed E-state index contributed by atoms with van der Waals surface area (Å²) in [6.07, 6.45) is 0. The normalized spacial score (nSPS) is 10.7. The van der Waals surface area contributed by atoms with Gasteiger partial charge in [0, 0.05) is 16.8 Å². The number of rotatable bonds is 2. The van der Waals surface area contributed by atoms with E-state index >= 15 is 0 Å². The molecule has 0 saturated heterocycles. The first-order chi connectivity index (χ1) is 9.63. The average Bonchev–Trinajstić information content (AvgIpc) is 2.43. The van der Waals surface area contributed by atoms with Crippen LogP contribution >= 0.6 is 0 Å². The van der Waals surface area contributed by atoms with Crippen LogP contribution in [0, 0.1) is 13.8 Å². The number of nitrogens with two attached hydrogens (primary N) is 1. The number of benzene rings is 1. The highest BCUT2D eigenvalue weighted by Gasteiger charge is 2.08. The largest absolute Gasteiger partial charge is 0.435 e. The molecule has 2 heterocycles. The summed E-state index contributed by atoms with van der Waals surface area (Å²) in [5.41, 5.74) is 9.04. The van der Waals surface area contributed by atoms with Crippen molar-refractivity contribution in [2.45, 2.75) is 13.8 Å². The fourth-order valence-corrected chi connectivity index (χ4v) is 2.03. The molecule has 0 aliphatic rings. The summed E-state index contributed by atoms with van der Waals surface area (Å²) >= 11 is 0. The van der Waals surface area contributed by atoms with Crippen molar-refractivity contribution in [2.24, 2.45) is 0 Å². The van der Waals surface area contributed by atoms with Gasteiger partial charge in [-0.15, -0.1) is 0 Å². The molecular formula is C16H15N3O. The van der Waals surface area contributed by atoms with Crippen LogP contribution in [0.1, 0.15) is 11.4 Å². The van der Waals surface area contributed by atoms with E-state index in [0.29, 0.717) is 17.3 Å². The monoisotopic (exact) mass is 265 g/mol. The molecule has 0 aliphatic carbocycles. The number of hydrogen-bond donors (Lipinski definition) is 1. The average molecular weight is 265 g/mol. The first-order valence-corrected chi connectivity index (χ1v) is 6.41. The van der Waals surface area contributed by atoms with Crippen LogP contribution in [0.2, 0.25) is 0 Å². The van der Waals surface area contributed by atoms with E-state index in [0.717, 1.165) is 22.3 Å². The van der Waals surface area contributed by atoms with Crippen molar-refractivity contribution in [2.75, 3.05) is 5.73 Å². The summed E-state index contributed by atoms with van der Waals surface area (Å²) in [5, 5.41) is 1.03. The maximum absolute atomic E-state index is 5.90. The standard InChI is InChI=1S/C16H15N3O/c1-10-6-8-12-4-3-5-14(15(12)18-10)20-16-13(17)9-7-11(2)19-16/h3-9H,17H2,1-2H3. The highest BCUT2D eigenvalue weighted by molar-refractivity contribution is 5.84. The third kappa shape index (κ3) is 2.28. The highest BCUT2D eigenvalue weighted by atomic mass is 16.5. The summed E-state index contributed by atoms with van der Waals surface area (Å²) in [5.74, 6) is 1.08. The Bertz CT molecular complexity index is 784. The molecule has 0 atom stereocenters. The minimum absolute atomic E-state index is 0.417. The van der Waals surface area contributed by atoms with Crippen molar-refractivity contribution in [3.63, 3.8) is 0 Å². The van der Waals surface area contributed by atoms with E-state index in [4.69, 9.17) is 10.5 Å². The van der Waals surface area contributed by atoms with Crippen molar-refractivity contribution >= 4 is 16.6 Å². The number of aromatic nitrogens is 2. The first-order valence-electron chi connectivity index (χ1n) is 6.41. The quantitative estimate of drug-likeness (QED) is 0.768. The Balaban J connectivity index is 2.10. The number of fused-ring (bicyclic) bond motifs is 1. The summed E-state index contributed by atoms with van der Waals surface area (Å²) in [4.78, 5) is 8.85. The second-order valence-corrected chi connectivity index (χ2v) is 4.73. The van der Waals surface area contributed by atoms with Crippen LogP contribution in [-0.4, -0.2) is 9.97 Å². The Labute approximate surface area is 117 Å². The van der Waals surface area contributed by atoms with E-state index in [1.54, 1.807) is 6.07 Å². The summed E-state index contributed by atoms with van der Waals surface area (Å²) in [7, 11) is 0. The summed E-state index contributed by atoms with van der Waals surface area (Å²) < 4.78 is 5.86. The van der Waals surface area contributed by atoms with E-state index in [9.17, 15) is 0 Å². The Morgan fingerprint density at radius 2 is 1.65 bits per heavy atom. The molecule has 0 radical (unpaired) electrons. The lowest BCUT2D eigenvalue weighted by Crippen LogP contribution is -1.97. The summed E-state index contributed by atoms with van der Waals surface area (Å²) in [6, 6.07) is 13.5. The molecule has 1 aromatic carbocycles. The fraction of sp³-hybridized carbons (Fsp3) is 0.125. The zero-order chi connectivity index (χ0) is 14.1. The number of nitrogens with zero attached hydrogens (tertiary/aromatic N) is 2. The first kappa shape index (κ1) is 12.4. The number of nitrogen functional groups attached to an aromatic ring is 1. The van der Waals surface area contributed by atoms with Crippen LogP contribution in [0.25, 0.3) is 10.9 Å². The van der Waals surface area contributed by atoms with Gasteiger partial charge in [-0.05, 0) is 38.1 Å². The Hall–Kier alpha value is -2.62. The van der Waals surface area contributed by atoms with Crippen molar-refractivity contribution in [3.8, 4) is 11.6 Å². The lowest BCUT2D eigenvalue weighted by molar-refractivity contribution is 0.468. The van der Waals surface area contributed by atoms with Gasteiger partial charge in [-0.3, -0.25) is 0 Å². The number of anilines is 1. The van der Waals surface area contributed by atoms with Crippen LogP contribution in [0.3, 0.4) is 0 Å². The zero-order valence-electron chi connectivity index (χ0n) is 11.4. The van der Waals surface area contributed by atoms with E-state index < -0.39 is 0 Å². The molecule has 0 saturated carbocycles. The number of ether oxygens (including phenoxy) is 1. The number of pyridine rings is 2. The predicted octanol–water partition coefficient (Wildman–Crippen LogP) is 3.62. The highest BCUT2D eigenvalue weighted by Crippen LogP contribution is 2.30. The van der Waals surface area contributed by atoms with Gasteiger partial charge in [0.15, 0.2) is 5.75 Å². The molecule has 3 rings (SSSR count). The van der Waals surface area contributed by atoms with Crippen LogP contribution in [0.4, 0.5) is 5.69 Å². The van der Waals surface area contributed by atoms with Gasteiger partial charge in [0.2, 0.25) is 5.88 Å². The predicted molar refractivity (Wildman–Crippen MR) is 79.9 cm³/mol. The van der Waals surface area contributed by atoms with E-state index in [2.05, 4.69) is 9.97 Å². The molecule has 0 bridgehead atoms. The van der Waals surface area contributed by atoms with Gasteiger partial charge >= 0.3 is 0 Å². The van der Waals surface area contributed by atoms with Crippen molar-refractivity contribution in [3.05, 3.63) is 53.9 Å². The molecule has 0 unspecified atom stereocenters. The third-order valence-corrected chi connectivity index (χ3v) is 3.06. The molecule has 2 N–H and O–H groups in total. The van der Waals surface area contributed by atoms with Crippen molar-refractivity contribution < 1.29 is 4.74 Å². The van der Waals surface area contributed by atoms with Gasteiger partial charge in [0.05, 0.1) is 5.69 Å². The van der Waals surface area contributed by atoms with Crippen LogP contribution < -0.4 is 10.5 Å². The second-order valence-electron chi connectivity index (χ2n) is 4.73. The number of aryl methyl sites for hydroxylation is 2. The molecule has 3 aromatic rings. The molecule has 4 nitrogen and oxygen atoms in total. The van der Waals surface area contributed by atoms with Gasteiger partial charge in [0.25, 0.3) is 0 Å². The summed E-state index contributed by atoms with van der Waals surface area (Å²) in [6.45, 7) is 3.85. The minimum Gasteiger partial charge on any atom is -0.435 e. The smallest absolute Gasteiger partial charge is 0.242 e. The molecule has 100 valence electrons. The van der Waals surface area contributed by atoms with E-state index in [1.807, 2.05) is 50.2 Å². The van der Waals surface area contributed by atoms with E-state index in [1.165, 1.54) is 0 Å². The zero-order valence-corrected chi connectivity index (χ0v) is 11.4. The fourth-order valence-electron chi connectivity index (χ4n) is 2.03. The molecule has 0 amide bonds. The topological polar surface area (TPSA) is 61.0 Å². The molecule has 20 heavy (non-hydrogen) atoms. The van der Waals surface area contributed by atoms with Crippen LogP contribution in [0.15, 0.2) is 42.5 Å². The molecule has 2 aromatic heterocycles. The maximum Gasteiger partial charge on any atom is 0.242 e. The van der Waals surface area contributed by atoms with E-state index in [-0.39, 0.29) is 0 Å². The lowest BCUT2D eigenvalue weighted by atomic mass is 10.2. The Kier molecular flexibility index (Phi) is 2.99. The molecule has 0 spiro atoms. The number of hydrogen-bond acceptors (Lipinski definition) is 4.